The number of halogens is 1. The van der Waals surface area contributed by atoms with Gasteiger partial charge >= 0.3 is 0 Å². The number of carbonyl (C=O) groups excluding carboxylic acids is 1. The predicted molar refractivity (Wildman–Crippen MR) is 111 cm³/mol. The number of nitrogens with zero attached hydrogens (tertiary/aromatic N) is 5. The lowest BCUT2D eigenvalue weighted by atomic mass is 10.1. The summed E-state index contributed by atoms with van der Waals surface area (Å²) in [6.07, 6.45) is 8.48. The van der Waals surface area contributed by atoms with Crippen LogP contribution in [0.1, 0.15) is 0 Å². The highest BCUT2D eigenvalue weighted by molar-refractivity contribution is 6.35. The second kappa shape index (κ2) is 7.89. The summed E-state index contributed by atoms with van der Waals surface area (Å²) in [5, 5.41) is 5.48. The van der Waals surface area contributed by atoms with Crippen LogP contribution in [0.15, 0.2) is 61.3 Å². The molecule has 0 saturated carbocycles. The number of amides is 1. The van der Waals surface area contributed by atoms with Gasteiger partial charge in [0.25, 0.3) is 0 Å². The molecule has 0 bridgehead atoms. The first kappa shape index (κ1) is 18.9. The van der Waals surface area contributed by atoms with Crippen LogP contribution in [0.5, 0.6) is 11.5 Å². The fourth-order valence-electron chi connectivity index (χ4n) is 2.82. The van der Waals surface area contributed by atoms with Gasteiger partial charge in [0.05, 0.1) is 22.1 Å². The summed E-state index contributed by atoms with van der Waals surface area (Å²) >= 11 is 6.16. The number of pyridine rings is 2. The maximum absolute atomic E-state index is 11.8. The number of rotatable bonds is 5. The van der Waals surface area contributed by atoms with Gasteiger partial charge < -0.3 is 9.64 Å². The van der Waals surface area contributed by atoms with Gasteiger partial charge in [-0.25, -0.2) is 0 Å². The molecule has 0 spiro atoms. The van der Waals surface area contributed by atoms with E-state index >= 15 is 0 Å². The summed E-state index contributed by atoms with van der Waals surface area (Å²) in [6.45, 7) is 0.208. The molecule has 0 aliphatic heterocycles. The topological polar surface area (TPSA) is 73.1 Å². The van der Waals surface area contributed by atoms with Gasteiger partial charge in [-0.1, -0.05) is 23.7 Å². The molecule has 7 nitrogen and oxygen atoms in total. The van der Waals surface area contributed by atoms with Crippen LogP contribution in [0, 0.1) is 0 Å². The van der Waals surface area contributed by atoms with Gasteiger partial charge in [0, 0.05) is 44.4 Å². The molecule has 0 saturated heterocycles. The van der Waals surface area contributed by atoms with E-state index in [0.717, 1.165) is 16.5 Å². The zero-order valence-corrected chi connectivity index (χ0v) is 16.7. The summed E-state index contributed by atoms with van der Waals surface area (Å²) in [5.41, 5.74) is 2.55. The van der Waals surface area contributed by atoms with Gasteiger partial charge in [0.15, 0.2) is 0 Å². The Labute approximate surface area is 172 Å². The summed E-state index contributed by atoms with van der Waals surface area (Å²) < 4.78 is 7.64. The Hall–Kier alpha value is -3.45. The number of benzene rings is 1. The lowest BCUT2D eigenvalue weighted by molar-refractivity contribution is -0.129. The molecule has 0 aliphatic rings. The van der Waals surface area contributed by atoms with Crippen molar-refractivity contribution < 1.29 is 9.53 Å². The van der Waals surface area contributed by atoms with E-state index in [2.05, 4.69) is 15.1 Å². The largest absolute Gasteiger partial charge is 0.457 e. The van der Waals surface area contributed by atoms with Crippen LogP contribution >= 0.6 is 11.6 Å². The fraction of sp³-hybridized carbons (Fsp3) is 0.143. The molecule has 3 heterocycles. The lowest BCUT2D eigenvalue weighted by Crippen LogP contribution is -2.26. The van der Waals surface area contributed by atoms with Crippen molar-refractivity contribution >= 4 is 28.4 Å². The van der Waals surface area contributed by atoms with Gasteiger partial charge in [-0.3, -0.25) is 19.4 Å². The molecule has 1 aromatic carbocycles. The third kappa shape index (κ3) is 4.05. The molecule has 3 aromatic heterocycles. The first-order valence-electron chi connectivity index (χ1n) is 8.90. The summed E-state index contributed by atoms with van der Waals surface area (Å²) in [5.74, 6) is 1.30. The second-order valence-electron chi connectivity index (χ2n) is 6.67. The van der Waals surface area contributed by atoms with Crippen LogP contribution in [0.25, 0.3) is 22.0 Å². The number of likely N-dealkylation sites (N-methyl/N-ethyl adjacent to an activating group) is 1. The fourth-order valence-corrected chi connectivity index (χ4v) is 3.03. The second-order valence-corrected chi connectivity index (χ2v) is 7.07. The van der Waals surface area contributed by atoms with E-state index in [-0.39, 0.29) is 12.5 Å². The molecular formula is C21H18ClN5O2. The van der Waals surface area contributed by atoms with E-state index in [1.165, 1.54) is 0 Å². The zero-order valence-electron chi connectivity index (χ0n) is 15.9. The summed E-state index contributed by atoms with van der Waals surface area (Å²) in [7, 11) is 3.45. The van der Waals surface area contributed by atoms with Crippen molar-refractivity contribution in [1.29, 1.82) is 0 Å². The third-order valence-corrected chi connectivity index (χ3v) is 4.69. The summed E-state index contributed by atoms with van der Waals surface area (Å²) in [6, 6.07) is 9.42. The molecule has 29 heavy (non-hydrogen) atoms. The lowest BCUT2D eigenvalue weighted by Gasteiger charge is -2.10. The number of carbonyl (C=O) groups is 1. The standard InChI is InChI=1S/C21H18ClN5O2/c1-26(2)20(28)13-27-12-15(9-25-27)14-3-5-16(6-4-14)29-19-7-8-24-21-17(19)10-23-11-18(21)22/h3-12H,13H2,1-2H3. The smallest absolute Gasteiger partial charge is 0.243 e. The molecule has 0 radical (unpaired) electrons. The maximum Gasteiger partial charge on any atom is 0.243 e. The van der Waals surface area contributed by atoms with Crippen molar-refractivity contribution in [2.75, 3.05) is 14.1 Å². The van der Waals surface area contributed by atoms with Crippen molar-refractivity contribution in [2.24, 2.45) is 0 Å². The van der Waals surface area contributed by atoms with Crippen LogP contribution in [-0.2, 0) is 11.3 Å². The first-order valence-corrected chi connectivity index (χ1v) is 9.28. The molecule has 0 aliphatic carbocycles. The average Bonchev–Trinajstić information content (AvgIpc) is 3.18. The van der Waals surface area contributed by atoms with E-state index in [0.29, 0.717) is 22.0 Å². The van der Waals surface area contributed by atoms with Gasteiger partial charge in [-0.05, 0) is 23.8 Å². The molecule has 1 amide bonds. The molecular weight excluding hydrogens is 390 g/mol. The van der Waals surface area contributed by atoms with Crippen LogP contribution in [0.4, 0.5) is 0 Å². The van der Waals surface area contributed by atoms with Crippen LogP contribution in [0.2, 0.25) is 5.02 Å². The molecule has 8 heteroatoms. The Morgan fingerprint density at radius 1 is 1.10 bits per heavy atom. The molecule has 0 unspecified atom stereocenters. The minimum absolute atomic E-state index is 0.0115. The van der Waals surface area contributed by atoms with Gasteiger partial charge in [-0.15, -0.1) is 0 Å². The number of fused-ring (bicyclic) bond motifs is 1. The van der Waals surface area contributed by atoms with Gasteiger partial charge in [0.2, 0.25) is 5.91 Å². The van der Waals surface area contributed by atoms with Crippen LogP contribution in [0.3, 0.4) is 0 Å². The van der Waals surface area contributed by atoms with Crippen LogP contribution in [-0.4, -0.2) is 44.7 Å². The molecule has 0 N–H and O–H groups in total. The molecule has 0 atom stereocenters. The highest BCUT2D eigenvalue weighted by atomic mass is 35.5. The number of ether oxygens (including phenoxy) is 1. The molecule has 4 aromatic rings. The average molecular weight is 408 g/mol. The molecule has 0 fully saturated rings. The predicted octanol–water partition coefficient (Wildman–Crippen LogP) is 4.03. The van der Waals surface area contributed by atoms with Crippen molar-refractivity contribution in [2.45, 2.75) is 6.54 Å². The van der Waals surface area contributed by atoms with Crippen molar-refractivity contribution in [3.63, 3.8) is 0 Å². The Bertz CT molecular complexity index is 1170. The van der Waals surface area contributed by atoms with E-state index < -0.39 is 0 Å². The minimum Gasteiger partial charge on any atom is -0.457 e. The highest BCUT2D eigenvalue weighted by Gasteiger charge is 2.10. The van der Waals surface area contributed by atoms with Crippen molar-refractivity contribution in [3.05, 3.63) is 66.3 Å². The number of aromatic nitrogens is 4. The van der Waals surface area contributed by atoms with Crippen LogP contribution < -0.4 is 4.74 Å². The summed E-state index contributed by atoms with van der Waals surface area (Å²) in [4.78, 5) is 21.8. The Balaban J connectivity index is 1.53. The number of hydrogen-bond donors (Lipinski definition) is 0. The highest BCUT2D eigenvalue weighted by Crippen LogP contribution is 2.32. The van der Waals surface area contributed by atoms with Gasteiger partial charge in [0.1, 0.15) is 18.0 Å². The van der Waals surface area contributed by atoms with E-state index in [1.54, 1.807) is 54.5 Å². The Kier molecular flexibility index (Phi) is 5.14. The normalized spacial score (nSPS) is 10.9. The SMILES string of the molecule is CN(C)C(=O)Cn1cc(-c2ccc(Oc3ccnc4c(Cl)cncc34)cc2)cn1. The van der Waals surface area contributed by atoms with Crippen molar-refractivity contribution in [3.8, 4) is 22.6 Å². The molecule has 146 valence electrons. The Morgan fingerprint density at radius 3 is 2.66 bits per heavy atom. The molecule has 4 rings (SSSR count). The Morgan fingerprint density at radius 2 is 1.90 bits per heavy atom. The zero-order chi connectivity index (χ0) is 20.4. The first-order chi connectivity index (χ1) is 14.0. The van der Waals surface area contributed by atoms with Crippen molar-refractivity contribution in [1.82, 2.24) is 24.6 Å². The van der Waals surface area contributed by atoms with Gasteiger partial charge in [-0.2, -0.15) is 5.10 Å². The number of hydrogen-bond acceptors (Lipinski definition) is 5. The van der Waals surface area contributed by atoms with E-state index in [9.17, 15) is 4.79 Å². The van der Waals surface area contributed by atoms with E-state index in [4.69, 9.17) is 16.3 Å². The minimum atomic E-state index is -0.0115. The monoisotopic (exact) mass is 407 g/mol. The third-order valence-electron chi connectivity index (χ3n) is 4.41. The van der Waals surface area contributed by atoms with E-state index in [1.807, 2.05) is 30.5 Å². The maximum atomic E-state index is 11.8. The quantitative estimate of drug-likeness (QED) is 0.499.